The van der Waals surface area contributed by atoms with Crippen LogP contribution in [0.1, 0.15) is 11.6 Å². The van der Waals surface area contributed by atoms with E-state index in [2.05, 4.69) is 0 Å². The number of fused-ring (bicyclic) bond motifs is 1. The number of hydroxylamine groups is 1. The first kappa shape index (κ1) is 21.9. The fraction of sp³-hybridized carbons (Fsp3) is 0.167. The Morgan fingerprint density at radius 1 is 0.971 bits per heavy atom. The first-order valence-corrected chi connectivity index (χ1v) is 10.7. The van der Waals surface area contributed by atoms with Crippen LogP contribution in [0, 0.1) is 16.0 Å². The van der Waals surface area contributed by atoms with Gasteiger partial charge in [-0.2, -0.15) is 0 Å². The zero-order valence-corrected chi connectivity index (χ0v) is 18.6. The molecule has 2 fully saturated rings. The monoisotopic (exact) mass is 479 g/mol. The van der Waals surface area contributed by atoms with Crippen LogP contribution in [0.4, 0.5) is 17.1 Å². The number of benzene rings is 3. The lowest BCUT2D eigenvalue weighted by Crippen LogP contribution is -2.37. The summed E-state index contributed by atoms with van der Waals surface area (Å²) >= 11 is 5.96. The van der Waals surface area contributed by atoms with Crippen molar-refractivity contribution in [3.63, 3.8) is 0 Å². The number of hydrogen-bond acceptors (Lipinski definition) is 7. The summed E-state index contributed by atoms with van der Waals surface area (Å²) < 4.78 is 5.34. The second-order valence-corrected chi connectivity index (χ2v) is 8.30. The van der Waals surface area contributed by atoms with E-state index in [-0.39, 0.29) is 5.69 Å². The number of carbonyl (C=O) groups excluding carboxylic acids is 2. The Morgan fingerprint density at radius 2 is 1.71 bits per heavy atom. The van der Waals surface area contributed by atoms with Crippen molar-refractivity contribution in [2.75, 3.05) is 17.1 Å². The number of imide groups is 1. The van der Waals surface area contributed by atoms with Crippen molar-refractivity contribution in [2.45, 2.75) is 12.1 Å². The number of ether oxygens (including phenoxy) is 1. The van der Waals surface area contributed by atoms with Crippen molar-refractivity contribution in [3.8, 4) is 5.75 Å². The molecular weight excluding hydrogens is 462 g/mol. The largest absolute Gasteiger partial charge is 0.497 e. The van der Waals surface area contributed by atoms with Gasteiger partial charge in [0.25, 0.3) is 11.6 Å². The van der Waals surface area contributed by atoms with Crippen LogP contribution in [0.5, 0.6) is 5.75 Å². The van der Waals surface area contributed by atoms with E-state index in [0.717, 1.165) is 4.90 Å². The number of nitrogens with zero attached hydrogens (tertiary/aromatic N) is 3. The van der Waals surface area contributed by atoms with Gasteiger partial charge >= 0.3 is 0 Å². The van der Waals surface area contributed by atoms with E-state index in [1.54, 1.807) is 54.6 Å². The molecule has 0 spiro atoms. The minimum Gasteiger partial charge on any atom is -0.497 e. The second-order valence-electron chi connectivity index (χ2n) is 7.86. The number of rotatable bonds is 5. The molecule has 3 aromatic rings. The summed E-state index contributed by atoms with van der Waals surface area (Å²) in [6.07, 6.45) is -1.10. The Hall–Kier alpha value is -3.95. The van der Waals surface area contributed by atoms with E-state index < -0.39 is 34.8 Å². The van der Waals surface area contributed by atoms with Crippen molar-refractivity contribution in [3.05, 3.63) is 93.5 Å². The van der Waals surface area contributed by atoms with Crippen LogP contribution in [-0.2, 0) is 14.4 Å². The molecule has 10 heteroatoms. The first-order chi connectivity index (χ1) is 16.4. The smallest absolute Gasteiger partial charge is 0.271 e. The molecule has 0 aromatic heterocycles. The Bertz CT molecular complexity index is 1300. The van der Waals surface area contributed by atoms with Gasteiger partial charge in [0.1, 0.15) is 11.7 Å². The molecule has 0 N–H and O–H groups in total. The van der Waals surface area contributed by atoms with Gasteiger partial charge in [0.05, 0.1) is 29.4 Å². The average molecular weight is 480 g/mol. The molecule has 0 bridgehead atoms. The molecule has 0 radical (unpaired) electrons. The van der Waals surface area contributed by atoms with Gasteiger partial charge in [0.2, 0.25) is 5.91 Å². The number of methoxy groups -OCH3 is 1. The average Bonchev–Trinajstić information content (AvgIpc) is 3.36. The van der Waals surface area contributed by atoms with Gasteiger partial charge in [0, 0.05) is 17.2 Å². The fourth-order valence-electron chi connectivity index (χ4n) is 4.39. The van der Waals surface area contributed by atoms with Crippen molar-refractivity contribution < 1.29 is 24.1 Å². The normalized spacial score (nSPS) is 21.6. The molecule has 2 aliphatic rings. The van der Waals surface area contributed by atoms with Crippen molar-refractivity contribution in [2.24, 2.45) is 5.92 Å². The number of nitro groups is 1. The highest BCUT2D eigenvalue weighted by molar-refractivity contribution is 6.31. The molecule has 5 rings (SSSR count). The third kappa shape index (κ3) is 3.55. The van der Waals surface area contributed by atoms with Gasteiger partial charge in [-0.25, -0.2) is 9.96 Å². The summed E-state index contributed by atoms with van der Waals surface area (Å²) in [6.45, 7) is 0. The number of non-ortho nitro benzene ring substituents is 1. The lowest BCUT2D eigenvalue weighted by molar-refractivity contribution is -0.384. The summed E-state index contributed by atoms with van der Waals surface area (Å²) in [4.78, 5) is 44.9. The fourth-order valence-corrected chi connectivity index (χ4v) is 4.52. The van der Waals surface area contributed by atoms with Crippen LogP contribution in [0.15, 0.2) is 72.8 Å². The van der Waals surface area contributed by atoms with Crippen LogP contribution in [-0.4, -0.2) is 30.0 Å². The molecule has 172 valence electrons. The minimum absolute atomic E-state index is 0.136. The maximum atomic E-state index is 13.6. The molecule has 0 aliphatic carbocycles. The van der Waals surface area contributed by atoms with Gasteiger partial charge in [-0.15, -0.1) is 0 Å². The lowest BCUT2D eigenvalue weighted by Gasteiger charge is -2.28. The van der Waals surface area contributed by atoms with Crippen molar-refractivity contribution in [1.29, 1.82) is 0 Å². The Kier molecular flexibility index (Phi) is 5.43. The zero-order valence-electron chi connectivity index (χ0n) is 17.8. The molecule has 2 saturated heterocycles. The molecule has 34 heavy (non-hydrogen) atoms. The zero-order chi connectivity index (χ0) is 24.0. The standard InChI is InChI=1S/C24H18ClN3O6/c1-33-19-7-2-4-14(12-19)21-20-22(34-27(21)17-5-3-6-18(13-17)28(31)32)24(30)26(23(20)29)16-10-8-15(25)9-11-16/h2-13,20-22H,1H3/t20-,21-,22-/m1/s1. The molecular formula is C24H18ClN3O6. The van der Waals surface area contributed by atoms with Crippen LogP contribution in [0.3, 0.4) is 0 Å². The van der Waals surface area contributed by atoms with Gasteiger partial charge in [-0.05, 0) is 48.0 Å². The van der Waals surface area contributed by atoms with Crippen molar-refractivity contribution in [1.82, 2.24) is 0 Å². The third-order valence-electron chi connectivity index (χ3n) is 5.93. The lowest BCUT2D eigenvalue weighted by atomic mass is 9.90. The van der Waals surface area contributed by atoms with E-state index in [0.29, 0.717) is 27.7 Å². The van der Waals surface area contributed by atoms with Crippen molar-refractivity contribution >= 4 is 40.5 Å². The summed E-state index contributed by atoms with van der Waals surface area (Å²) in [5.74, 6) is -1.27. The van der Waals surface area contributed by atoms with Gasteiger partial charge in [-0.3, -0.25) is 24.5 Å². The number of hydrogen-bond donors (Lipinski definition) is 0. The molecule has 3 aromatic carbocycles. The summed E-state index contributed by atoms with van der Waals surface area (Å²) in [5, 5.41) is 13.2. The number of halogens is 1. The maximum absolute atomic E-state index is 13.6. The van der Waals surface area contributed by atoms with Crippen LogP contribution < -0.4 is 14.7 Å². The highest BCUT2D eigenvalue weighted by Gasteiger charge is 2.60. The first-order valence-electron chi connectivity index (χ1n) is 10.4. The number of nitro benzene ring substituents is 1. The van der Waals surface area contributed by atoms with E-state index in [1.165, 1.54) is 30.4 Å². The van der Waals surface area contributed by atoms with E-state index in [9.17, 15) is 19.7 Å². The summed E-state index contributed by atoms with van der Waals surface area (Å²) in [6, 6.07) is 18.6. The topological polar surface area (TPSA) is 102 Å². The number of amides is 2. The van der Waals surface area contributed by atoms with Crippen LogP contribution in [0.25, 0.3) is 0 Å². The van der Waals surface area contributed by atoms with Crippen LogP contribution >= 0.6 is 11.6 Å². The van der Waals surface area contributed by atoms with E-state index in [4.69, 9.17) is 21.2 Å². The van der Waals surface area contributed by atoms with Crippen LogP contribution in [0.2, 0.25) is 5.02 Å². The predicted molar refractivity (Wildman–Crippen MR) is 124 cm³/mol. The Labute approximate surface area is 199 Å². The number of anilines is 2. The Morgan fingerprint density at radius 3 is 2.41 bits per heavy atom. The van der Waals surface area contributed by atoms with Gasteiger partial charge < -0.3 is 4.74 Å². The molecule has 3 atom stereocenters. The highest BCUT2D eigenvalue weighted by atomic mass is 35.5. The Balaban J connectivity index is 1.60. The molecule has 2 aliphatic heterocycles. The maximum Gasteiger partial charge on any atom is 0.271 e. The van der Waals surface area contributed by atoms with E-state index in [1.807, 2.05) is 0 Å². The molecule has 9 nitrogen and oxygen atoms in total. The summed E-state index contributed by atoms with van der Waals surface area (Å²) in [5.41, 5.74) is 1.28. The molecule has 0 unspecified atom stereocenters. The predicted octanol–water partition coefficient (Wildman–Crippen LogP) is 4.31. The van der Waals surface area contributed by atoms with E-state index >= 15 is 0 Å². The summed E-state index contributed by atoms with van der Waals surface area (Å²) in [7, 11) is 1.53. The highest BCUT2D eigenvalue weighted by Crippen LogP contribution is 2.48. The van der Waals surface area contributed by atoms with Gasteiger partial charge in [-0.1, -0.05) is 29.8 Å². The third-order valence-corrected chi connectivity index (χ3v) is 6.18. The molecule has 2 amide bonds. The molecule has 0 saturated carbocycles. The SMILES string of the molecule is COc1cccc([C@@H]2[C@H]3C(=O)N(c4ccc(Cl)cc4)C(=O)[C@@H]3ON2c2cccc([N+](=O)[O-])c2)c1. The quantitative estimate of drug-likeness (QED) is 0.305. The minimum atomic E-state index is -1.10. The number of carbonyl (C=O) groups is 2. The van der Waals surface area contributed by atoms with Gasteiger partial charge in [0.15, 0.2) is 6.10 Å². The second kappa shape index (κ2) is 8.44. The molecule has 2 heterocycles.